The fourth-order valence-corrected chi connectivity index (χ4v) is 1.21. The van der Waals surface area contributed by atoms with E-state index < -0.39 is 0 Å². The first kappa shape index (κ1) is 8.68. The van der Waals surface area contributed by atoms with Gasteiger partial charge in [-0.05, 0) is 17.7 Å². The number of benzene rings is 1. The van der Waals surface area contributed by atoms with Crippen molar-refractivity contribution in [2.24, 2.45) is 0 Å². The molecule has 2 rings (SSSR count). The summed E-state index contributed by atoms with van der Waals surface area (Å²) in [7, 11) is 0. The van der Waals surface area contributed by atoms with Crippen LogP contribution in [-0.2, 0) is 6.54 Å². The Morgan fingerprint density at radius 1 is 1.43 bits per heavy atom. The third-order valence-electron chi connectivity index (χ3n) is 1.79. The minimum Gasteiger partial charge on any atom is -0.381 e. The van der Waals surface area contributed by atoms with Crippen LogP contribution in [0, 0.1) is 5.82 Å². The minimum atomic E-state index is -0.254. The zero-order valence-corrected chi connectivity index (χ0v) is 7.39. The molecule has 0 atom stereocenters. The van der Waals surface area contributed by atoms with Gasteiger partial charge in [0.15, 0.2) is 5.82 Å². The predicted octanol–water partition coefficient (Wildman–Crippen LogP) is 1.05. The SMILES string of the molecule is Nc1cn(Cc2cccc(F)c2)nn1. The Morgan fingerprint density at radius 2 is 2.29 bits per heavy atom. The van der Waals surface area contributed by atoms with E-state index in [1.165, 1.54) is 12.1 Å². The lowest BCUT2D eigenvalue weighted by Crippen LogP contribution is -2.00. The van der Waals surface area contributed by atoms with Crippen molar-refractivity contribution in [3.05, 3.63) is 41.8 Å². The van der Waals surface area contributed by atoms with E-state index in [0.29, 0.717) is 12.4 Å². The highest BCUT2D eigenvalue weighted by molar-refractivity contribution is 5.21. The van der Waals surface area contributed by atoms with Crippen molar-refractivity contribution in [3.63, 3.8) is 0 Å². The summed E-state index contributed by atoms with van der Waals surface area (Å²) < 4.78 is 14.4. The molecule has 0 amide bonds. The monoisotopic (exact) mass is 192 g/mol. The lowest BCUT2D eigenvalue weighted by molar-refractivity contribution is 0.614. The first-order valence-corrected chi connectivity index (χ1v) is 4.14. The van der Waals surface area contributed by atoms with Gasteiger partial charge in [-0.1, -0.05) is 17.3 Å². The van der Waals surface area contributed by atoms with Crippen molar-refractivity contribution in [2.75, 3.05) is 5.73 Å². The molecule has 5 heteroatoms. The van der Waals surface area contributed by atoms with Crippen molar-refractivity contribution in [3.8, 4) is 0 Å². The normalized spacial score (nSPS) is 10.4. The maximum absolute atomic E-state index is 12.8. The average molecular weight is 192 g/mol. The molecule has 0 fully saturated rings. The number of nitrogens with two attached hydrogens (primary N) is 1. The van der Waals surface area contributed by atoms with Crippen LogP contribution in [-0.4, -0.2) is 15.0 Å². The molecule has 0 unspecified atom stereocenters. The first-order chi connectivity index (χ1) is 6.74. The van der Waals surface area contributed by atoms with Gasteiger partial charge in [0.1, 0.15) is 5.82 Å². The quantitative estimate of drug-likeness (QED) is 0.773. The molecule has 0 saturated heterocycles. The second-order valence-electron chi connectivity index (χ2n) is 2.97. The lowest BCUT2D eigenvalue weighted by atomic mass is 10.2. The lowest BCUT2D eigenvalue weighted by Gasteiger charge is -1.99. The molecule has 0 bridgehead atoms. The molecule has 1 heterocycles. The Labute approximate surface area is 80.2 Å². The molecular weight excluding hydrogens is 183 g/mol. The minimum absolute atomic E-state index is 0.254. The summed E-state index contributed by atoms with van der Waals surface area (Å²) in [6.07, 6.45) is 1.60. The van der Waals surface area contributed by atoms with Crippen LogP contribution in [0.15, 0.2) is 30.5 Å². The third kappa shape index (κ3) is 1.87. The summed E-state index contributed by atoms with van der Waals surface area (Å²) >= 11 is 0. The number of hydrogen-bond acceptors (Lipinski definition) is 3. The van der Waals surface area contributed by atoms with Gasteiger partial charge < -0.3 is 5.73 Å². The summed E-state index contributed by atoms with van der Waals surface area (Å²) in [5, 5.41) is 7.39. The first-order valence-electron chi connectivity index (χ1n) is 4.14. The van der Waals surface area contributed by atoms with Gasteiger partial charge in [-0.15, -0.1) is 5.10 Å². The van der Waals surface area contributed by atoms with Crippen LogP contribution in [0.3, 0.4) is 0 Å². The zero-order chi connectivity index (χ0) is 9.97. The van der Waals surface area contributed by atoms with Gasteiger partial charge >= 0.3 is 0 Å². The third-order valence-corrected chi connectivity index (χ3v) is 1.79. The number of anilines is 1. The Hall–Kier alpha value is -1.91. The van der Waals surface area contributed by atoms with Crippen molar-refractivity contribution in [2.45, 2.75) is 6.54 Å². The van der Waals surface area contributed by atoms with Crippen LogP contribution in [0.25, 0.3) is 0 Å². The van der Waals surface area contributed by atoms with Gasteiger partial charge in [0.05, 0.1) is 12.7 Å². The standard InChI is InChI=1S/C9H9FN4/c10-8-3-1-2-7(4-8)5-14-6-9(11)12-13-14/h1-4,6H,5,11H2. The average Bonchev–Trinajstić information content (AvgIpc) is 2.51. The van der Waals surface area contributed by atoms with Gasteiger partial charge in [0, 0.05) is 0 Å². The number of halogens is 1. The second kappa shape index (κ2) is 3.45. The van der Waals surface area contributed by atoms with E-state index in [-0.39, 0.29) is 5.82 Å². The van der Waals surface area contributed by atoms with E-state index in [1.54, 1.807) is 16.9 Å². The smallest absolute Gasteiger partial charge is 0.165 e. The Balaban J connectivity index is 2.18. The molecule has 2 N–H and O–H groups in total. The van der Waals surface area contributed by atoms with E-state index in [2.05, 4.69) is 10.3 Å². The number of nitrogens with zero attached hydrogens (tertiary/aromatic N) is 3. The molecule has 2 aromatic rings. The topological polar surface area (TPSA) is 56.7 Å². The molecule has 0 saturated carbocycles. The molecule has 4 nitrogen and oxygen atoms in total. The van der Waals surface area contributed by atoms with Crippen LogP contribution < -0.4 is 5.73 Å². The summed E-state index contributed by atoms with van der Waals surface area (Å²) in [5.41, 5.74) is 6.22. The number of aromatic nitrogens is 3. The molecular formula is C9H9FN4. The van der Waals surface area contributed by atoms with Crippen LogP contribution in [0.4, 0.5) is 10.2 Å². The molecule has 1 aromatic carbocycles. The van der Waals surface area contributed by atoms with Gasteiger partial charge in [-0.3, -0.25) is 0 Å². The fourth-order valence-electron chi connectivity index (χ4n) is 1.21. The molecule has 0 spiro atoms. The van der Waals surface area contributed by atoms with Crippen molar-refractivity contribution >= 4 is 5.82 Å². The largest absolute Gasteiger partial charge is 0.381 e. The van der Waals surface area contributed by atoms with Gasteiger partial charge in [-0.25, -0.2) is 9.07 Å². The van der Waals surface area contributed by atoms with E-state index in [4.69, 9.17) is 5.73 Å². The molecule has 0 aliphatic heterocycles. The summed E-state index contributed by atoms with van der Waals surface area (Å²) in [5.74, 6) is 0.108. The highest BCUT2D eigenvalue weighted by atomic mass is 19.1. The summed E-state index contributed by atoms with van der Waals surface area (Å²) in [6.45, 7) is 0.474. The highest BCUT2D eigenvalue weighted by Crippen LogP contribution is 2.05. The predicted molar refractivity (Wildman–Crippen MR) is 49.9 cm³/mol. The zero-order valence-electron chi connectivity index (χ0n) is 7.39. The van der Waals surface area contributed by atoms with Crippen LogP contribution in [0.2, 0.25) is 0 Å². The van der Waals surface area contributed by atoms with E-state index in [0.717, 1.165) is 5.56 Å². The summed E-state index contributed by atoms with van der Waals surface area (Å²) in [4.78, 5) is 0. The number of hydrogen-bond donors (Lipinski definition) is 1. The molecule has 0 aliphatic rings. The van der Waals surface area contributed by atoms with E-state index in [1.807, 2.05) is 6.07 Å². The van der Waals surface area contributed by atoms with Crippen LogP contribution >= 0.6 is 0 Å². The maximum atomic E-state index is 12.8. The molecule has 1 aromatic heterocycles. The van der Waals surface area contributed by atoms with E-state index in [9.17, 15) is 4.39 Å². The molecule has 72 valence electrons. The number of nitrogen functional groups attached to an aromatic ring is 1. The fraction of sp³-hybridized carbons (Fsp3) is 0.111. The van der Waals surface area contributed by atoms with Crippen molar-refractivity contribution < 1.29 is 4.39 Å². The Bertz CT molecular complexity index is 438. The van der Waals surface area contributed by atoms with Gasteiger partial charge in [-0.2, -0.15) is 0 Å². The Kier molecular flexibility index (Phi) is 2.14. The highest BCUT2D eigenvalue weighted by Gasteiger charge is 1.99. The molecule has 0 aliphatic carbocycles. The maximum Gasteiger partial charge on any atom is 0.165 e. The molecule has 14 heavy (non-hydrogen) atoms. The van der Waals surface area contributed by atoms with Gasteiger partial charge in [0.2, 0.25) is 0 Å². The van der Waals surface area contributed by atoms with Crippen molar-refractivity contribution in [1.82, 2.24) is 15.0 Å². The molecule has 0 radical (unpaired) electrons. The Morgan fingerprint density at radius 3 is 2.93 bits per heavy atom. The second-order valence-corrected chi connectivity index (χ2v) is 2.97. The van der Waals surface area contributed by atoms with Crippen LogP contribution in [0.1, 0.15) is 5.56 Å². The van der Waals surface area contributed by atoms with Crippen LogP contribution in [0.5, 0.6) is 0 Å². The number of rotatable bonds is 2. The van der Waals surface area contributed by atoms with Crippen molar-refractivity contribution in [1.29, 1.82) is 0 Å². The summed E-state index contributed by atoms with van der Waals surface area (Å²) in [6, 6.07) is 6.34. The van der Waals surface area contributed by atoms with Gasteiger partial charge in [0.25, 0.3) is 0 Å². The van der Waals surface area contributed by atoms with E-state index >= 15 is 0 Å².